The molecule has 0 saturated heterocycles. The van der Waals surface area contributed by atoms with Crippen LogP contribution in [0.4, 0.5) is 52.7 Å². The van der Waals surface area contributed by atoms with Crippen LogP contribution in [-0.2, 0) is 38.8 Å². The Morgan fingerprint density at radius 3 is 1.38 bits per heavy atom. The molecule has 0 unspecified atom stereocenters. The molecule has 7 rings (SSSR count). The zero-order valence-corrected chi connectivity index (χ0v) is 29.9. The molecule has 0 radical (unpaired) electrons. The van der Waals surface area contributed by atoms with Crippen LogP contribution in [-0.4, -0.2) is 19.1 Å². The lowest BCUT2D eigenvalue weighted by atomic mass is 9.87. The average molecular weight is 837 g/mol. The Morgan fingerprint density at radius 2 is 0.917 bits per heavy atom. The summed E-state index contributed by atoms with van der Waals surface area (Å²) < 4.78 is 174. The smallest absolute Gasteiger partial charge is 0.326 e. The van der Waals surface area contributed by atoms with Gasteiger partial charge in [-0.15, -0.1) is 0 Å². The predicted octanol–water partition coefficient (Wildman–Crippen LogP) is 9.57. The van der Waals surface area contributed by atoms with Crippen molar-refractivity contribution < 1.29 is 52.7 Å². The minimum Gasteiger partial charge on any atom is -0.326 e. The highest BCUT2D eigenvalue weighted by Crippen LogP contribution is 2.49. The fraction of sp³-hybridized carbons (Fsp3) is 0.150. The van der Waals surface area contributed by atoms with Crippen molar-refractivity contribution in [1.29, 1.82) is 21.0 Å². The number of rotatable bonds is 2. The van der Waals surface area contributed by atoms with Gasteiger partial charge in [0.2, 0.25) is 0 Å². The van der Waals surface area contributed by atoms with Crippen molar-refractivity contribution in [3.05, 3.63) is 93.9 Å². The maximum absolute atomic E-state index is 14.8. The molecule has 60 heavy (non-hydrogen) atoms. The van der Waals surface area contributed by atoms with Crippen molar-refractivity contribution in [1.82, 2.24) is 19.1 Å². The summed E-state index contributed by atoms with van der Waals surface area (Å²) in [6.45, 7) is 0. The molecule has 7 aromatic rings. The van der Waals surface area contributed by atoms with E-state index in [1.54, 1.807) is 24.3 Å². The number of hydrogen-bond donors (Lipinski definition) is 0. The van der Waals surface area contributed by atoms with Gasteiger partial charge in [-0.3, -0.25) is 0 Å². The standard InChI is InChI=1S/C40H16F12N8/c1-59-29-11-25(21-5-3-19(37(41,42)43)9-27(21)39(47,48)49)22-7-8-23-26(32(22)34(29)58-36(59)18(15-55)16-56)12-30-33(57-35(60(30)2)17(13-53)14-54)31(23)24-6-4-20(38(44,45)46)10-28(24)40(50,51)52/h3-12H,1-2H3. The molecule has 0 fully saturated rings. The van der Waals surface area contributed by atoms with Crippen molar-refractivity contribution >= 4 is 54.8 Å². The normalized spacial score (nSPS) is 12.4. The number of hydrogen-bond acceptors (Lipinski definition) is 6. The monoisotopic (exact) mass is 836 g/mol. The van der Waals surface area contributed by atoms with Crippen LogP contribution in [0, 0.1) is 45.3 Å². The molecule has 2 aromatic heterocycles. The Labute approximate surface area is 326 Å². The molecule has 0 bridgehead atoms. The van der Waals surface area contributed by atoms with Gasteiger partial charge in [0.15, 0.2) is 22.1 Å². The number of alkyl halides is 12. The first-order chi connectivity index (χ1) is 28.0. The van der Waals surface area contributed by atoms with Crippen molar-refractivity contribution in [2.24, 2.45) is 14.1 Å². The molecule has 0 saturated carbocycles. The first-order valence-electron chi connectivity index (χ1n) is 16.6. The van der Waals surface area contributed by atoms with Gasteiger partial charge in [-0.25, -0.2) is 9.97 Å². The first kappa shape index (κ1) is 40.6. The average Bonchev–Trinajstić information content (AvgIpc) is 3.67. The van der Waals surface area contributed by atoms with Gasteiger partial charge in [-0.05, 0) is 69.2 Å². The van der Waals surface area contributed by atoms with Crippen molar-refractivity contribution in [3.63, 3.8) is 0 Å². The number of nitriles is 4. The minimum atomic E-state index is -5.45. The lowest BCUT2D eigenvalue weighted by molar-refractivity contribution is -0.144. The van der Waals surface area contributed by atoms with E-state index >= 15 is 0 Å². The predicted molar refractivity (Wildman–Crippen MR) is 189 cm³/mol. The zero-order valence-electron chi connectivity index (χ0n) is 29.9. The van der Waals surface area contributed by atoms with E-state index in [0.29, 0.717) is 24.3 Å². The van der Waals surface area contributed by atoms with Gasteiger partial charge >= 0.3 is 24.7 Å². The lowest BCUT2D eigenvalue weighted by Gasteiger charge is -2.20. The van der Waals surface area contributed by atoms with Gasteiger partial charge in [0.05, 0.1) is 44.3 Å². The number of aryl methyl sites for hydroxylation is 2. The van der Waals surface area contributed by atoms with E-state index in [9.17, 15) is 73.7 Å². The Bertz CT molecular complexity index is 3300. The molecule has 0 aliphatic heterocycles. The van der Waals surface area contributed by atoms with Gasteiger partial charge in [-0.1, -0.05) is 24.3 Å². The summed E-state index contributed by atoms with van der Waals surface area (Å²) in [6, 6.07) is 12.8. The van der Waals surface area contributed by atoms with Gasteiger partial charge < -0.3 is 9.13 Å². The molecule has 0 amide bonds. The number of aromatic nitrogens is 4. The van der Waals surface area contributed by atoms with Gasteiger partial charge in [0.25, 0.3) is 0 Å². The van der Waals surface area contributed by atoms with Crippen molar-refractivity contribution in [3.8, 4) is 46.5 Å². The van der Waals surface area contributed by atoms with Crippen LogP contribution in [0.3, 0.4) is 0 Å². The molecule has 8 nitrogen and oxygen atoms in total. The van der Waals surface area contributed by atoms with E-state index in [-0.39, 0.29) is 72.3 Å². The molecule has 0 aliphatic rings. The van der Waals surface area contributed by atoms with Gasteiger partial charge in [0.1, 0.15) is 24.3 Å². The second kappa shape index (κ2) is 13.5. The number of fused-ring (bicyclic) bond motifs is 6. The molecule has 0 spiro atoms. The van der Waals surface area contributed by atoms with Crippen LogP contribution in [0.1, 0.15) is 22.3 Å². The third kappa shape index (κ3) is 6.34. The fourth-order valence-electron chi connectivity index (χ4n) is 7.22. The Kier molecular flexibility index (Phi) is 9.13. The number of benzene rings is 5. The van der Waals surface area contributed by atoms with E-state index in [1.165, 1.54) is 20.2 Å². The van der Waals surface area contributed by atoms with E-state index in [1.807, 2.05) is 0 Å². The van der Waals surface area contributed by atoms with E-state index in [2.05, 4.69) is 9.97 Å². The molecule has 300 valence electrons. The third-order valence-electron chi connectivity index (χ3n) is 9.88. The molecule has 0 atom stereocenters. The molecule has 2 heterocycles. The second-order valence-corrected chi connectivity index (χ2v) is 13.2. The number of imidazole rings is 2. The molecule has 20 heteroatoms. The number of halogens is 12. The second-order valence-electron chi connectivity index (χ2n) is 13.2. The SMILES string of the molecule is Cn1c(=C(C#N)C#N)nc2c(-c3ccc(C(F)(F)F)cc3C(F)(F)F)c3ccc4c(-c5ccc(C(F)(F)F)cc5C(F)(F)F)cc5c(nc(=C(C#N)C#N)n5C)c4c3cc21. The van der Waals surface area contributed by atoms with E-state index in [4.69, 9.17) is 0 Å². The Hall–Kier alpha value is -7.58. The van der Waals surface area contributed by atoms with Crippen LogP contribution < -0.4 is 11.0 Å². The molecular weight excluding hydrogens is 820 g/mol. The summed E-state index contributed by atoms with van der Waals surface area (Å²) in [5.41, 5.74) is -12.1. The largest absolute Gasteiger partial charge is 0.417 e. The van der Waals surface area contributed by atoms with E-state index < -0.39 is 74.8 Å². The molecule has 5 aromatic carbocycles. The fourth-order valence-corrected chi connectivity index (χ4v) is 7.22. The highest BCUT2D eigenvalue weighted by molar-refractivity contribution is 6.27. The molecular formula is C40H16F12N8. The molecule has 0 aliphatic carbocycles. The number of nitrogens with zero attached hydrogens (tertiary/aromatic N) is 8. The minimum absolute atomic E-state index is 0.0983. The summed E-state index contributed by atoms with van der Waals surface area (Å²) in [4.78, 5) is 8.73. The summed E-state index contributed by atoms with van der Waals surface area (Å²) in [5.74, 6) is 0. The molecule has 0 N–H and O–H groups in total. The summed E-state index contributed by atoms with van der Waals surface area (Å²) >= 11 is 0. The first-order valence-corrected chi connectivity index (χ1v) is 16.6. The highest BCUT2D eigenvalue weighted by Gasteiger charge is 2.41. The quantitative estimate of drug-likeness (QED) is 0.126. The third-order valence-corrected chi connectivity index (χ3v) is 9.88. The summed E-state index contributed by atoms with van der Waals surface area (Å²) in [5, 5.41) is 38.1. The summed E-state index contributed by atoms with van der Waals surface area (Å²) in [7, 11) is 2.53. The highest BCUT2D eigenvalue weighted by atomic mass is 19.4. The van der Waals surface area contributed by atoms with Crippen LogP contribution in [0.15, 0.2) is 60.7 Å². The zero-order chi connectivity index (χ0) is 44.0. The maximum Gasteiger partial charge on any atom is 0.417 e. The maximum atomic E-state index is 14.8. The van der Waals surface area contributed by atoms with Crippen molar-refractivity contribution in [2.45, 2.75) is 24.7 Å². The lowest BCUT2D eigenvalue weighted by Crippen LogP contribution is -2.17. The Balaban J connectivity index is 1.81. The van der Waals surface area contributed by atoms with Crippen LogP contribution in [0.25, 0.3) is 77.0 Å². The topological polar surface area (TPSA) is 131 Å². The van der Waals surface area contributed by atoms with E-state index in [0.717, 1.165) is 27.3 Å². The van der Waals surface area contributed by atoms with Crippen LogP contribution in [0.5, 0.6) is 0 Å². The van der Waals surface area contributed by atoms with Crippen LogP contribution >= 0.6 is 0 Å². The Morgan fingerprint density at radius 1 is 0.483 bits per heavy atom. The summed E-state index contributed by atoms with van der Waals surface area (Å²) in [6.07, 6.45) is -21.3. The van der Waals surface area contributed by atoms with Crippen LogP contribution in [0.2, 0.25) is 0 Å². The van der Waals surface area contributed by atoms with Gasteiger partial charge in [0, 0.05) is 25.0 Å². The van der Waals surface area contributed by atoms with Crippen molar-refractivity contribution in [2.75, 3.05) is 0 Å². The van der Waals surface area contributed by atoms with Gasteiger partial charge in [-0.2, -0.15) is 73.7 Å².